The summed E-state index contributed by atoms with van der Waals surface area (Å²) >= 11 is 0. The first kappa shape index (κ1) is 25.6. The molecule has 0 saturated carbocycles. The number of rotatable bonds is 4. The van der Waals surface area contributed by atoms with Gasteiger partial charge in [-0.3, -0.25) is 9.78 Å². The van der Waals surface area contributed by atoms with Gasteiger partial charge in [0, 0.05) is 18.7 Å². The molecule has 4 rings (SSSR count). The number of carbonyl (C=O) groups is 1. The van der Waals surface area contributed by atoms with Gasteiger partial charge in [0.25, 0.3) is 5.97 Å². The summed E-state index contributed by atoms with van der Waals surface area (Å²) < 4.78 is 68.5. The molecule has 0 unspecified atom stereocenters. The fourth-order valence-corrected chi connectivity index (χ4v) is 3.66. The zero-order chi connectivity index (χ0) is 25.8. The Morgan fingerprint density at radius 1 is 0.971 bits per heavy atom. The number of aliphatic carboxylic acids is 1. The van der Waals surface area contributed by atoms with Gasteiger partial charge >= 0.3 is 6.18 Å². The predicted molar refractivity (Wildman–Crippen MR) is 123 cm³/mol. The number of halogens is 3. The van der Waals surface area contributed by atoms with Gasteiger partial charge < -0.3 is 9.84 Å². The topological polar surface area (TPSA) is 106 Å². The van der Waals surface area contributed by atoms with E-state index in [9.17, 15) is 21.6 Å². The molecule has 182 valence electrons. The van der Waals surface area contributed by atoms with Crippen LogP contribution in [0.3, 0.4) is 0 Å². The quantitative estimate of drug-likeness (QED) is 0.385. The molecule has 1 aromatic heterocycles. The van der Waals surface area contributed by atoms with Gasteiger partial charge in [-0.05, 0) is 54.6 Å². The highest BCUT2D eigenvalue weighted by molar-refractivity contribution is 7.90. The molecule has 0 aliphatic rings. The van der Waals surface area contributed by atoms with Gasteiger partial charge in [0.05, 0.1) is 27.9 Å². The van der Waals surface area contributed by atoms with Crippen LogP contribution in [0.4, 0.5) is 13.2 Å². The molecule has 0 spiro atoms. The molecule has 1 heterocycles. The van der Waals surface area contributed by atoms with E-state index in [0.717, 1.165) is 19.2 Å². The molecule has 7 nitrogen and oxygen atoms in total. The van der Waals surface area contributed by atoms with Crippen molar-refractivity contribution in [3.05, 3.63) is 78.5 Å². The fraction of sp³-hybridized carbons (Fsp3) is 0.125. The van der Waals surface area contributed by atoms with Crippen molar-refractivity contribution >= 4 is 26.8 Å². The van der Waals surface area contributed by atoms with E-state index < -0.39 is 27.5 Å². The maximum absolute atomic E-state index is 13.1. The lowest BCUT2D eigenvalue weighted by Crippen LogP contribution is -2.07. The van der Waals surface area contributed by atoms with Crippen molar-refractivity contribution in [2.75, 3.05) is 6.26 Å². The van der Waals surface area contributed by atoms with Crippen molar-refractivity contribution in [3.8, 4) is 22.8 Å². The third-order valence-electron chi connectivity index (χ3n) is 4.50. The number of ether oxygens (including phenoxy) is 1. The summed E-state index contributed by atoms with van der Waals surface area (Å²) in [7, 11) is -3.36. The van der Waals surface area contributed by atoms with Crippen LogP contribution in [0.1, 0.15) is 12.5 Å². The first-order valence-corrected chi connectivity index (χ1v) is 11.8. The fourth-order valence-electron chi connectivity index (χ4n) is 3.01. The number of hydrogen-bond donors (Lipinski definition) is 1. The SMILES string of the molecule is CC(=O)O.CS(=O)(=O)c1cccc(Oc2ccc(-c3cnc4c(C(F)(F)F)cccc4n3)cc2)c1. The van der Waals surface area contributed by atoms with Gasteiger partial charge in [-0.1, -0.05) is 12.1 Å². The summed E-state index contributed by atoms with van der Waals surface area (Å²) in [5.74, 6) is -0.0108. The number of fused-ring (bicyclic) bond motifs is 1. The van der Waals surface area contributed by atoms with Gasteiger partial charge in [0.1, 0.15) is 17.0 Å². The maximum Gasteiger partial charge on any atom is 0.418 e. The van der Waals surface area contributed by atoms with E-state index in [1.165, 1.54) is 30.5 Å². The van der Waals surface area contributed by atoms with E-state index in [4.69, 9.17) is 14.6 Å². The Hall–Kier alpha value is -3.99. The largest absolute Gasteiger partial charge is 0.481 e. The Labute approximate surface area is 198 Å². The van der Waals surface area contributed by atoms with E-state index >= 15 is 0 Å². The standard InChI is InChI=1S/C22H15F3N2O3S.C2H4O2/c1-31(28,29)17-5-2-4-16(12-17)30-15-10-8-14(9-11-15)20-13-26-21-18(22(23,24)25)6-3-7-19(21)27-20;1-2(3)4/h2-13H,1H3;1H3,(H,3,4). The summed E-state index contributed by atoms with van der Waals surface area (Å²) in [6.07, 6.45) is -2.10. The summed E-state index contributed by atoms with van der Waals surface area (Å²) in [6.45, 7) is 1.08. The monoisotopic (exact) mass is 504 g/mol. The van der Waals surface area contributed by atoms with Gasteiger partial charge in [-0.2, -0.15) is 13.2 Å². The van der Waals surface area contributed by atoms with Crippen LogP contribution < -0.4 is 4.74 Å². The average molecular weight is 504 g/mol. The normalized spacial score (nSPS) is 11.5. The molecule has 0 bridgehead atoms. The Balaban J connectivity index is 0.000000795. The van der Waals surface area contributed by atoms with Crippen molar-refractivity contribution in [2.24, 2.45) is 0 Å². The minimum absolute atomic E-state index is 0.144. The second-order valence-electron chi connectivity index (χ2n) is 7.32. The van der Waals surface area contributed by atoms with E-state index in [0.29, 0.717) is 22.8 Å². The van der Waals surface area contributed by atoms with E-state index in [2.05, 4.69) is 9.97 Å². The van der Waals surface area contributed by atoms with Crippen LogP contribution in [0.25, 0.3) is 22.3 Å². The highest BCUT2D eigenvalue weighted by Crippen LogP contribution is 2.34. The van der Waals surface area contributed by atoms with Crippen molar-refractivity contribution in [1.29, 1.82) is 0 Å². The number of sulfone groups is 1. The number of alkyl halides is 3. The predicted octanol–water partition coefficient (Wildman–Crippen LogP) is 5.60. The van der Waals surface area contributed by atoms with Crippen LogP contribution in [-0.4, -0.2) is 35.7 Å². The number of hydrogen-bond acceptors (Lipinski definition) is 6. The summed E-state index contributed by atoms with van der Waals surface area (Å²) in [6, 6.07) is 16.6. The second-order valence-corrected chi connectivity index (χ2v) is 9.33. The van der Waals surface area contributed by atoms with Crippen LogP contribution in [0.2, 0.25) is 0 Å². The van der Waals surface area contributed by atoms with Gasteiger partial charge in [0.15, 0.2) is 9.84 Å². The second kappa shape index (κ2) is 10.1. The highest BCUT2D eigenvalue weighted by atomic mass is 32.2. The van der Waals surface area contributed by atoms with E-state index in [1.54, 1.807) is 36.4 Å². The van der Waals surface area contributed by atoms with Gasteiger partial charge in [-0.25, -0.2) is 13.4 Å². The molecular formula is C24H19F3N2O5S. The molecule has 0 radical (unpaired) electrons. The highest BCUT2D eigenvalue weighted by Gasteiger charge is 2.33. The van der Waals surface area contributed by atoms with Crippen LogP contribution in [0.15, 0.2) is 77.8 Å². The van der Waals surface area contributed by atoms with Crippen molar-refractivity contribution in [3.63, 3.8) is 0 Å². The molecule has 0 aliphatic heterocycles. The molecule has 0 fully saturated rings. The van der Waals surface area contributed by atoms with Crippen molar-refractivity contribution in [2.45, 2.75) is 18.0 Å². The van der Waals surface area contributed by atoms with Crippen molar-refractivity contribution < 1.29 is 36.2 Å². The lowest BCUT2D eigenvalue weighted by atomic mass is 10.1. The van der Waals surface area contributed by atoms with E-state index in [1.807, 2.05) is 0 Å². The molecule has 0 atom stereocenters. The summed E-state index contributed by atoms with van der Waals surface area (Å²) in [4.78, 5) is 17.4. The van der Waals surface area contributed by atoms with Crippen LogP contribution in [0.5, 0.6) is 11.5 Å². The third-order valence-corrected chi connectivity index (χ3v) is 5.61. The number of carboxylic acids is 1. The minimum Gasteiger partial charge on any atom is -0.481 e. The first-order chi connectivity index (χ1) is 16.3. The van der Waals surface area contributed by atoms with Crippen LogP contribution in [-0.2, 0) is 20.8 Å². The summed E-state index contributed by atoms with van der Waals surface area (Å²) in [5, 5.41) is 7.42. The minimum atomic E-state index is -4.51. The Bertz CT molecular complexity index is 1470. The first-order valence-electron chi connectivity index (χ1n) is 9.95. The lowest BCUT2D eigenvalue weighted by Gasteiger charge is -2.10. The molecule has 0 aliphatic carbocycles. The molecule has 11 heteroatoms. The summed E-state index contributed by atoms with van der Waals surface area (Å²) in [5.41, 5.74) is 0.167. The molecule has 3 aromatic carbocycles. The van der Waals surface area contributed by atoms with Gasteiger partial charge in [0.2, 0.25) is 0 Å². The Morgan fingerprint density at radius 2 is 1.60 bits per heavy atom. The van der Waals surface area contributed by atoms with Crippen molar-refractivity contribution in [1.82, 2.24) is 9.97 Å². The molecule has 4 aromatic rings. The smallest absolute Gasteiger partial charge is 0.418 e. The average Bonchev–Trinajstić information content (AvgIpc) is 2.77. The molecule has 0 saturated heterocycles. The Kier molecular flexibility index (Phi) is 7.39. The number of benzene rings is 3. The number of nitrogens with zero attached hydrogens (tertiary/aromatic N) is 2. The third kappa shape index (κ3) is 6.76. The molecule has 1 N–H and O–H groups in total. The lowest BCUT2D eigenvalue weighted by molar-refractivity contribution is -0.136. The van der Waals surface area contributed by atoms with Gasteiger partial charge in [-0.15, -0.1) is 0 Å². The van der Waals surface area contributed by atoms with Crippen LogP contribution in [0, 0.1) is 0 Å². The maximum atomic E-state index is 13.1. The number of carboxylic acid groups (broad SMARTS) is 1. The molecular weight excluding hydrogens is 485 g/mol. The zero-order valence-electron chi connectivity index (χ0n) is 18.4. The number of aromatic nitrogens is 2. The zero-order valence-corrected chi connectivity index (χ0v) is 19.3. The Morgan fingerprint density at radius 3 is 2.20 bits per heavy atom. The molecule has 0 amide bonds. The number of para-hydroxylation sites is 1. The van der Waals surface area contributed by atoms with E-state index in [-0.39, 0.29) is 15.9 Å². The molecule has 35 heavy (non-hydrogen) atoms. The van der Waals surface area contributed by atoms with Crippen LogP contribution >= 0.6 is 0 Å².